The Labute approximate surface area is 129 Å². The Balaban J connectivity index is 1.65. The molecule has 0 aromatic carbocycles. The van der Waals surface area contributed by atoms with E-state index in [-0.39, 0.29) is 6.10 Å². The van der Waals surface area contributed by atoms with Crippen molar-refractivity contribution in [2.75, 3.05) is 0 Å². The fraction of sp³-hybridized carbons (Fsp3) is 0.800. The fourth-order valence-corrected chi connectivity index (χ4v) is 6.51. The van der Waals surface area contributed by atoms with E-state index in [1.165, 1.54) is 44.9 Å². The largest absolute Gasteiger partial charge is 0.393 e. The predicted octanol–water partition coefficient (Wildman–Crippen LogP) is 5.01. The lowest BCUT2D eigenvalue weighted by Crippen LogP contribution is -2.42. The molecule has 4 aliphatic carbocycles. The molecule has 116 valence electrons. The van der Waals surface area contributed by atoms with Gasteiger partial charge in [0.25, 0.3) is 0 Å². The number of hydrogen-bond donors (Lipinski definition) is 1. The highest BCUT2D eigenvalue weighted by Crippen LogP contribution is 2.62. The number of allylic oxidation sites excluding steroid dienone is 3. The van der Waals surface area contributed by atoms with Crippen molar-refractivity contribution < 1.29 is 5.11 Å². The van der Waals surface area contributed by atoms with Gasteiger partial charge in [-0.2, -0.15) is 0 Å². The average Bonchev–Trinajstić information content (AvgIpc) is 2.83. The molecule has 1 nitrogen and oxygen atoms in total. The molecule has 4 rings (SSSR count). The Kier molecular flexibility index (Phi) is 3.33. The van der Waals surface area contributed by atoms with Crippen LogP contribution in [0.3, 0.4) is 0 Å². The summed E-state index contributed by atoms with van der Waals surface area (Å²) >= 11 is 0. The predicted molar refractivity (Wildman–Crippen MR) is 86.9 cm³/mol. The summed E-state index contributed by atoms with van der Waals surface area (Å²) in [6, 6.07) is 0. The van der Waals surface area contributed by atoms with Gasteiger partial charge < -0.3 is 5.11 Å². The molecule has 2 fully saturated rings. The van der Waals surface area contributed by atoms with Crippen molar-refractivity contribution in [2.45, 2.75) is 77.7 Å². The quantitative estimate of drug-likeness (QED) is 0.621. The summed E-state index contributed by atoms with van der Waals surface area (Å²) in [6.07, 6.45) is 13.8. The molecule has 1 heteroatoms. The Morgan fingerprint density at radius 1 is 1.10 bits per heavy atom. The van der Waals surface area contributed by atoms with Crippen LogP contribution in [0.5, 0.6) is 0 Å². The fourth-order valence-electron chi connectivity index (χ4n) is 6.51. The molecule has 0 radical (unpaired) electrons. The zero-order valence-corrected chi connectivity index (χ0v) is 13.7. The van der Waals surface area contributed by atoms with E-state index in [0.29, 0.717) is 5.41 Å². The molecule has 0 heterocycles. The number of rotatable bonds is 0. The van der Waals surface area contributed by atoms with Crippen molar-refractivity contribution in [2.24, 2.45) is 23.2 Å². The van der Waals surface area contributed by atoms with Crippen molar-refractivity contribution in [3.63, 3.8) is 0 Å². The molecule has 2 saturated carbocycles. The smallest absolute Gasteiger partial charge is 0.0580 e. The second kappa shape index (κ2) is 4.98. The molecule has 4 aliphatic rings. The normalized spacial score (nSPS) is 48.0. The first-order valence-corrected chi connectivity index (χ1v) is 9.18. The van der Waals surface area contributed by atoms with E-state index in [9.17, 15) is 5.11 Å². The van der Waals surface area contributed by atoms with Crippen molar-refractivity contribution >= 4 is 0 Å². The van der Waals surface area contributed by atoms with Gasteiger partial charge in [0.05, 0.1) is 6.10 Å². The summed E-state index contributed by atoms with van der Waals surface area (Å²) in [6.45, 7) is 4.81. The van der Waals surface area contributed by atoms with Crippen LogP contribution in [0.15, 0.2) is 22.8 Å². The van der Waals surface area contributed by atoms with Crippen molar-refractivity contribution in [1.82, 2.24) is 0 Å². The molecule has 5 atom stereocenters. The van der Waals surface area contributed by atoms with Gasteiger partial charge in [0.15, 0.2) is 0 Å². The van der Waals surface area contributed by atoms with Gasteiger partial charge in [0.1, 0.15) is 0 Å². The maximum absolute atomic E-state index is 9.96. The number of aliphatic hydroxyl groups excluding tert-OH is 1. The van der Waals surface area contributed by atoms with E-state index in [4.69, 9.17) is 0 Å². The Morgan fingerprint density at radius 2 is 1.95 bits per heavy atom. The van der Waals surface area contributed by atoms with Crippen LogP contribution < -0.4 is 0 Å². The topological polar surface area (TPSA) is 20.2 Å². The van der Waals surface area contributed by atoms with Crippen LogP contribution in [0.4, 0.5) is 0 Å². The van der Waals surface area contributed by atoms with E-state index in [1.807, 2.05) is 0 Å². The number of hydrogen-bond acceptors (Lipinski definition) is 1. The second-order valence-electron chi connectivity index (χ2n) is 8.25. The standard InChI is InChI=1S/C20H30O/c1-3-14-5-9-19-18-7-4-13-12-15(21)6-8-16(13)17(18)10-11-20(14,19)2/h3,15,17-19,21H,4-12H2,1-2H3/t15-,17?,18?,19?,20+/m0/s1. The monoisotopic (exact) mass is 286 g/mol. The summed E-state index contributed by atoms with van der Waals surface area (Å²) in [5.41, 5.74) is 5.72. The molecule has 0 aromatic rings. The molecule has 1 N–H and O–H groups in total. The van der Waals surface area contributed by atoms with Crippen molar-refractivity contribution in [1.29, 1.82) is 0 Å². The van der Waals surface area contributed by atoms with Gasteiger partial charge in [-0.15, -0.1) is 0 Å². The van der Waals surface area contributed by atoms with E-state index < -0.39 is 0 Å². The van der Waals surface area contributed by atoms with Gasteiger partial charge in [-0.3, -0.25) is 0 Å². The molecule has 0 amide bonds. The highest BCUT2D eigenvalue weighted by molar-refractivity contribution is 5.30. The van der Waals surface area contributed by atoms with Gasteiger partial charge in [0.2, 0.25) is 0 Å². The minimum Gasteiger partial charge on any atom is -0.393 e. The maximum atomic E-state index is 9.96. The highest BCUT2D eigenvalue weighted by atomic mass is 16.3. The second-order valence-corrected chi connectivity index (χ2v) is 8.25. The first-order chi connectivity index (χ1) is 10.1. The van der Waals surface area contributed by atoms with Gasteiger partial charge in [0, 0.05) is 0 Å². The summed E-state index contributed by atoms with van der Waals surface area (Å²) in [5, 5.41) is 9.96. The third-order valence-electron chi connectivity index (χ3n) is 7.54. The van der Waals surface area contributed by atoms with Crippen LogP contribution in [0.25, 0.3) is 0 Å². The molecule has 0 saturated heterocycles. The molecule has 0 bridgehead atoms. The third kappa shape index (κ3) is 2.00. The lowest BCUT2D eigenvalue weighted by Gasteiger charge is -2.51. The third-order valence-corrected chi connectivity index (χ3v) is 7.54. The molecule has 0 aliphatic heterocycles. The minimum atomic E-state index is -0.0461. The Hall–Kier alpha value is -0.560. The van der Waals surface area contributed by atoms with Crippen LogP contribution in [0, 0.1) is 23.2 Å². The first-order valence-electron chi connectivity index (χ1n) is 9.18. The lowest BCUT2D eigenvalue weighted by molar-refractivity contribution is 0.0544. The van der Waals surface area contributed by atoms with Crippen LogP contribution in [-0.4, -0.2) is 11.2 Å². The van der Waals surface area contributed by atoms with E-state index >= 15 is 0 Å². The minimum absolute atomic E-state index is 0.0461. The zero-order chi connectivity index (χ0) is 14.6. The Bertz CT molecular complexity index is 500. The Morgan fingerprint density at radius 3 is 2.76 bits per heavy atom. The molecule has 0 aromatic heterocycles. The van der Waals surface area contributed by atoms with E-state index in [2.05, 4.69) is 19.9 Å². The molecule has 3 unspecified atom stereocenters. The number of aliphatic hydroxyl groups is 1. The van der Waals surface area contributed by atoms with Crippen molar-refractivity contribution in [3.05, 3.63) is 22.8 Å². The van der Waals surface area contributed by atoms with E-state index in [0.717, 1.165) is 30.6 Å². The van der Waals surface area contributed by atoms with Crippen LogP contribution >= 0.6 is 0 Å². The van der Waals surface area contributed by atoms with Gasteiger partial charge in [-0.1, -0.05) is 29.7 Å². The van der Waals surface area contributed by atoms with Crippen LogP contribution in [0.2, 0.25) is 0 Å². The average molecular weight is 286 g/mol. The molecule has 0 spiro atoms. The molecular formula is C20H30O. The lowest BCUT2D eigenvalue weighted by atomic mass is 9.54. The molecule has 21 heavy (non-hydrogen) atoms. The van der Waals surface area contributed by atoms with Gasteiger partial charge >= 0.3 is 0 Å². The van der Waals surface area contributed by atoms with Gasteiger partial charge in [-0.05, 0) is 87.9 Å². The first kappa shape index (κ1) is 14.1. The van der Waals surface area contributed by atoms with E-state index in [1.54, 1.807) is 16.7 Å². The SMILES string of the molecule is CC=C1CCC2C3CCC4=C(CC[C@H](O)C4)C3CC[C@]12C. The number of fused-ring (bicyclic) bond motifs is 4. The summed E-state index contributed by atoms with van der Waals surface area (Å²) in [7, 11) is 0. The van der Waals surface area contributed by atoms with Crippen LogP contribution in [0.1, 0.15) is 71.6 Å². The molecular weight excluding hydrogens is 256 g/mol. The highest BCUT2D eigenvalue weighted by Gasteiger charge is 2.52. The van der Waals surface area contributed by atoms with Gasteiger partial charge in [-0.25, -0.2) is 0 Å². The zero-order valence-electron chi connectivity index (χ0n) is 13.7. The summed E-state index contributed by atoms with van der Waals surface area (Å²) in [4.78, 5) is 0. The van der Waals surface area contributed by atoms with Crippen LogP contribution in [-0.2, 0) is 0 Å². The summed E-state index contributed by atoms with van der Waals surface area (Å²) in [5.74, 6) is 2.74. The summed E-state index contributed by atoms with van der Waals surface area (Å²) < 4.78 is 0. The maximum Gasteiger partial charge on any atom is 0.0580 e. The van der Waals surface area contributed by atoms with Crippen molar-refractivity contribution in [3.8, 4) is 0 Å².